The number of fused-ring (bicyclic) bond motifs is 1. The molecule has 0 unspecified atom stereocenters. The van der Waals surface area contributed by atoms with Crippen LogP contribution in [0.25, 0.3) is 0 Å². The number of nitrogens with one attached hydrogen (secondary N) is 1. The summed E-state index contributed by atoms with van der Waals surface area (Å²) in [5.74, 6) is 0.551. The minimum atomic E-state index is -4.61. The number of amides is 1. The Hall–Kier alpha value is -3.86. The number of anilines is 4. The summed E-state index contributed by atoms with van der Waals surface area (Å²) in [5.41, 5.74) is 2.27. The average Bonchev–Trinajstić information content (AvgIpc) is 3.15. The predicted octanol–water partition coefficient (Wildman–Crippen LogP) is 5.82. The molecule has 1 amide bonds. The number of carbonyl (C=O) groups is 1. The van der Waals surface area contributed by atoms with Gasteiger partial charge < -0.3 is 19.9 Å². The van der Waals surface area contributed by atoms with Gasteiger partial charge in [0.1, 0.15) is 5.75 Å². The van der Waals surface area contributed by atoms with Crippen LogP contribution < -0.4 is 19.9 Å². The van der Waals surface area contributed by atoms with Crippen molar-refractivity contribution in [3.05, 3.63) is 65.0 Å². The molecule has 1 N–H and O–H groups in total. The highest BCUT2D eigenvalue weighted by Gasteiger charge is 2.43. The zero-order chi connectivity index (χ0) is 31.1. The molecule has 3 aromatic rings. The Morgan fingerprint density at radius 1 is 1.07 bits per heavy atom. The van der Waals surface area contributed by atoms with Gasteiger partial charge in [-0.05, 0) is 69.9 Å². The van der Waals surface area contributed by atoms with Crippen LogP contribution in [0.3, 0.4) is 0 Å². The lowest BCUT2D eigenvalue weighted by molar-refractivity contribution is -0.138. The van der Waals surface area contributed by atoms with Crippen molar-refractivity contribution in [2.24, 2.45) is 0 Å². The number of carbonyl (C=O) groups excluding carboxylic acids is 1. The summed E-state index contributed by atoms with van der Waals surface area (Å²) < 4.78 is 47.7. The van der Waals surface area contributed by atoms with E-state index in [1.807, 2.05) is 50.2 Å². The molecule has 2 aromatic carbocycles. The predicted molar refractivity (Wildman–Crippen MR) is 163 cm³/mol. The molecule has 3 heterocycles. The van der Waals surface area contributed by atoms with Crippen LogP contribution in [-0.4, -0.2) is 67.2 Å². The van der Waals surface area contributed by atoms with E-state index in [4.69, 9.17) is 4.74 Å². The van der Waals surface area contributed by atoms with Crippen LogP contribution in [-0.2, 0) is 29.2 Å². The molecule has 2 aliphatic heterocycles. The molecule has 0 radical (unpaired) electrons. The molecule has 11 heteroatoms. The van der Waals surface area contributed by atoms with Crippen molar-refractivity contribution < 1.29 is 22.7 Å². The fourth-order valence-electron chi connectivity index (χ4n) is 6.19. The highest BCUT2D eigenvalue weighted by Crippen LogP contribution is 2.43. The number of hydrogen-bond donors (Lipinski definition) is 1. The first kappa shape index (κ1) is 30.6. The lowest BCUT2D eigenvalue weighted by atomic mass is 9.82. The largest absolute Gasteiger partial charge is 0.494 e. The molecule has 0 atom stereocenters. The molecule has 230 valence electrons. The van der Waals surface area contributed by atoms with Crippen LogP contribution in [0.1, 0.15) is 50.1 Å². The van der Waals surface area contributed by atoms with E-state index in [0.29, 0.717) is 17.5 Å². The highest BCUT2D eigenvalue weighted by atomic mass is 19.4. The number of likely N-dealkylation sites (N-methyl/N-ethyl adjacent to an activating group) is 1. The lowest BCUT2D eigenvalue weighted by Gasteiger charge is -2.38. The molecule has 0 aliphatic carbocycles. The number of alkyl halides is 3. The van der Waals surface area contributed by atoms with Crippen molar-refractivity contribution in [2.45, 2.75) is 58.2 Å². The monoisotopic (exact) mass is 596 g/mol. The Balaban J connectivity index is 1.38. The van der Waals surface area contributed by atoms with Crippen LogP contribution >= 0.6 is 0 Å². The van der Waals surface area contributed by atoms with E-state index in [1.54, 1.807) is 19.1 Å². The topological polar surface area (TPSA) is 73.8 Å². The fourth-order valence-corrected chi connectivity index (χ4v) is 6.19. The van der Waals surface area contributed by atoms with Crippen LogP contribution in [0.15, 0.2) is 42.6 Å². The quantitative estimate of drug-likeness (QED) is 0.352. The molecular formula is C32H39F3N6O2. The number of piperazine rings is 1. The molecule has 1 saturated heterocycles. The van der Waals surface area contributed by atoms with Crippen LogP contribution in [0.2, 0.25) is 0 Å². The standard InChI is InChI=1S/C32H39F3N6O2/c1-20(2)40-14-16-41(17-15-40)22-11-13-25(27(18-22)43-6)38-30-36-19-23(32(33,34)35)24(37-30)12-10-21-8-7-9-26-28(21)31(3,4)29(42)39(26)5/h7-9,11,13,18-20H,10,12,14-17H2,1-6H3,(H,36,37,38). The maximum atomic E-state index is 14.0. The second-order valence-electron chi connectivity index (χ2n) is 12.0. The van der Waals surface area contributed by atoms with Gasteiger partial charge in [-0.3, -0.25) is 9.69 Å². The Morgan fingerprint density at radius 2 is 1.79 bits per heavy atom. The van der Waals surface area contributed by atoms with Gasteiger partial charge in [0.15, 0.2) is 0 Å². The van der Waals surface area contributed by atoms with Crippen molar-refractivity contribution in [1.82, 2.24) is 14.9 Å². The highest BCUT2D eigenvalue weighted by molar-refractivity contribution is 6.07. The summed E-state index contributed by atoms with van der Waals surface area (Å²) in [6.07, 6.45) is -3.47. The molecule has 8 nitrogen and oxygen atoms in total. The maximum absolute atomic E-state index is 14.0. The van der Waals surface area contributed by atoms with Gasteiger partial charge in [0, 0.05) is 62.9 Å². The van der Waals surface area contributed by atoms with E-state index in [9.17, 15) is 18.0 Å². The molecule has 0 spiro atoms. The fraction of sp³-hybridized carbons (Fsp3) is 0.469. The second kappa shape index (κ2) is 11.7. The third-order valence-electron chi connectivity index (χ3n) is 8.60. The number of benzene rings is 2. The molecule has 0 bridgehead atoms. The van der Waals surface area contributed by atoms with Gasteiger partial charge in [-0.1, -0.05) is 12.1 Å². The number of ether oxygens (including phenoxy) is 1. The summed E-state index contributed by atoms with van der Waals surface area (Å²) in [7, 11) is 3.28. The Morgan fingerprint density at radius 3 is 2.44 bits per heavy atom. The zero-order valence-electron chi connectivity index (χ0n) is 25.5. The zero-order valence-corrected chi connectivity index (χ0v) is 25.5. The molecule has 0 saturated carbocycles. The third-order valence-corrected chi connectivity index (χ3v) is 8.60. The number of rotatable bonds is 8. The van der Waals surface area contributed by atoms with Crippen LogP contribution in [0.5, 0.6) is 5.75 Å². The van der Waals surface area contributed by atoms with Gasteiger partial charge in [-0.15, -0.1) is 0 Å². The SMILES string of the molecule is COc1cc(N2CCN(C(C)C)CC2)ccc1Nc1ncc(C(F)(F)F)c(CCc2cccc3c2C(C)(C)C(=O)N3C)n1. The second-order valence-corrected chi connectivity index (χ2v) is 12.0. The first-order valence-electron chi connectivity index (χ1n) is 14.6. The molecule has 1 aromatic heterocycles. The smallest absolute Gasteiger partial charge is 0.419 e. The van der Waals surface area contributed by atoms with Gasteiger partial charge in [0.05, 0.1) is 29.5 Å². The number of methoxy groups -OCH3 is 1. The maximum Gasteiger partial charge on any atom is 0.419 e. The van der Waals surface area contributed by atoms with Gasteiger partial charge in [0.2, 0.25) is 11.9 Å². The minimum Gasteiger partial charge on any atom is -0.494 e. The Bertz CT molecular complexity index is 1500. The third kappa shape index (κ3) is 6.00. The van der Waals surface area contributed by atoms with E-state index in [2.05, 4.69) is 38.9 Å². The molecule has 5 rings (SSSR count). The van der Waals surface area contributed by atoms with Crippen LogP contribution in [0, 0.1) is 0 Å². The summed E-state index contributed by atoms with van der Waals surface area (Å²) >= 11 is 0. The number of hydrogen-bond acceptors (Lipinski definition) is 7. The van der Waals surface area contributed by atoms with E-state index in [1.165, 1.54) is 0 Å². The van der Waals surface area contributed by atoms with Crippen molar-refractivity contribution in [3.63, 3.8) is 0 Å². The minimum absolute atomic E-state index is 0.0227. The summed E-state index contributed by atoms with van der Waals surface area (Å²) in [6, 6.07) is 11.8. The van der Waals surface area contributed by atoms with E-state index in [-0.39, 0.29) is 30.4 Å². The average molecular weight is 597 g/mol. The van der Waals surface area contributed by atoms with Gasteiger partial charge in [0.25, 0.3) is 0 Å². The number of halogens is 3. The van der Waals surface area contributed by atoms with E-state index >= 15 is 0 Å². The van der Waals surface area contributed by atoms with Gasteiger partial charge in [-0.25, -0.2) is 9.97 Å². The van der Waals surface area contributed by atoms with E-state index in [0.717, 1.165) is 54.9 Å². The first-order chi connectivity index (χ1) is 20.3. The molecule has 2 aliphatic rings. The van der Waals surface area contributed by atoms with Crippen molar-refractivity contribution in [3.8, 4) is 5.75 Å². The summed E-state index contributed by atoms with van der Waals surface area (Å²) in [5, 5.41) is 3.07. The first-order valence-corrected chi connectivity index (χ1v) is 14.6. The number of nitrogens with zero attached hydrogens (tertiary/aromatic N) is 5. The Kier molecular flexibility index (Phi) is 8.30. The Labute approximate surface area is 250 Å². The summed E-state index contributed by atoms with van der Waals surface area (Å²) in [4.78, 5) is 27.5. The van der Waals surface area contributed by atoms with Crippen molar-refractivity contribution in [1.29, 1.82) is 0 Å². The number of aromatic nitrogens is 2. The van der Waals surface area contributed by atoms with Gasteiger partial charge >= 0.3 is 6.18 Å². The summed E-state index contributed by atoms with van der Waals surface area (Å²) in [6.45, 7) is 11.8. The molecule has 43 heavy (non-hydrogen) atoms. The van der Waals surface area contributed by atoms with Gasteiger partial charge in [-0.2, -0.15) is 13.2 Å². The van der Waals surface area contributed by atoms with Crippen molar-refractivity contribution >= 4 is 28.9 Å². The molecule has 1 fully saturated rings. The molecular weight excluding hydrogens is 557 g/mol. The van der Waals surface area contributed by atoms with Crippen LogP contribution in [0.4, 0.5) is 36.2 Å². The lowest BCUT2D eigenvalue weighted by Crippen LogP contribution is -2.48. The number of aryl methyl sites for hydroxylation is 2. The van der Waals surface area contributed by atoms with Crippen molar-refractivity contribution in [2.75, 3.05) is 55.5 Å². The normalized spacial score (nSPS) is 17.0. The van der Waals surface area contributed by atoms with E-state index < -0.39 is 17.2 Å².